The van der Waals surface area contributed by atoms with E-state index >= 15 is 0 Å². The first kappa shape index (κ1) is 13.8. The van der Waals surface area contributed by atoms with Gasteiger partial charge in [-0.25, -0.2) is 14.6 Å². The SMILES string of the molecule is CCC(C(=O)O)N(C)C(=O)Nc1nc2c(s1)CCC2. The van der Waals surface area contributed by atoms with Gasteiger partial charge in [0.1, 0.15) is 6.04 Å². The standard InChI is InChI=1S/C12H17N3O3S/c1-3-8(10(16)17)15(2)12(18)14-11-13-7-5-4-6-9(7)19-11/h8H,3-6H2,1-2H3,(H,16,17)(H,13,14,18). The molecule has 0 saturated heterocycles. The second-order valence-electron chi connectivity index (χ2n) is 4.55. The number of carbonyl (C=O) groups excluding carboxylic acids is 1. The number of hydrogen-bond donors (Lipinski definition) is 2. The summed E-state index contributed by atoms with van der Waals surface area (Å²) in [4.78, 5) is 29.8. The third-order valence-corrected chi connectivity index (χ3v) is 4.34. The van der Waals surface area contributed by atoms with Crippen LogP contribution in [0.3, 0.4) is 0 Å². The molecule has 2 amide bonds. The Morgan fingerprint density at radius 1 is 1.53 bits per heavy atom. The van der Waals surface area contributed by atoms with Crippen molar-refractivity contribution in [3.63, 3.8) is 0 Å². The number of amides is 2. The number of fused-ring (bicyclic) bond motifs is 1. The first-order chi connectivity index (χ1) is 9.02. The van der Waals surface area contributed by atoms with Crippen LogP contribution in [0.1, 0.15) is 30.3 Å². The minimum Gasteiger partial charge on any atom is -0.480 e. The van der Waals surface area contributed by atoms with Gasteiger partial charge in [0, 0.05) is 11.9 Å². The topological polar surface area (TPSA) is 82.5 Å². The summed E-state index contributed by atoms with van der Waals surface area (Å²) in [7, 11) is 1.49. The lowest BCUT2D eigenvalue weighted by Crippen LogP contribution is -2.44. The molecule has 0 aromatic carbocycles. The molecular formula is C12H17N3O3S. The smallest absolute Gasteiger partial charge is 0.326 e. The Morgan fingerprint density at radius 2 is 2.26 bits per heavy atom. The fourth-order valence-electron chi connectivity index (χ4n) is 2.18. The van der Waals surface area contributed by atoms with Crippen molar-refractivity contribution in [1.82, 2.24) is 9.88 Å². The fourth-order valence-corrected chi connectivity index (χ4v) is 3.22. The minimum atomic E-state index is -0.998. The first-order valence-electron chi connectivity index (χ1n) is 6.28. The number of anilines is 1. The maximum Gasteiger partial charge on any atom is 0.326 e. The van der Waals surface area contributed by atoms with Crippen LogP contribution in [-0.4, -0.2) is 40.1 Å². The highest BCUT2D eigenvalue weighted by Gasteiger charge is 2.26. The van der Waals surface area contributed by atoms with Crippen LogP contribution >= 0.6 is 11.3 Å². The van der Waals surface area contributed by atoms with E-state index in [0.29, 0.717) is 11.6 Å². The molecule has 104 valence electrons. The summed E-state index contributed by atoms with van der Waals surface area (Å²) >= 11 is 1.48. The van der Waals surface area contributed by atoms with Gasteiger partial charge < -0.3 is 10.0 Å². The first-order valence-corrected chi connectivity index (χ1v) is 7.09. The molecule has 2 N–H and O–H groups in total. The Balaban J connectivity index is 2.01. The zero-order chi connectivity index (χ0) is 14.0. The van der Waals surface area contributed by atoms with E-state index in [2.05, 4.69) is 10.3 Å². The van der Waals surface area contributed by atoms with Crippen LogP contribution in [-0.2, 0) is 17.6 Å². The number of carboxylic acids is 1. The average Bonchev–Trinajstić information content (AvgIpc) is 2.89. The van der Waals surface area contributed by atoms with Crippen LogP contribution < -0.4 is 5.32 Å². The second kappa shape index (κ2) is 5.56. The van der Waals surface area contributed by atoms with Crippen LogP contribution in [0, 0.1) is 0 Å². The van der Waals surface area contributed by atoms with Crippen LogP contribution in [0.25, 0.3) is 0 Å². The van der Waals surface area contributed by atoms with Crippen molar-refractivity contribution in [3.8, 4) is 0 Å². The van der Waals surface area contributed by atoms with E-state index in [9.17, 15) is 9.59 Å². The third-order valence-electron chi connectivity index (χ3n) is 3.27. The van der Waals surface area contributed by atoms with Crippen molar-refractivity contribution in [3.05, 3.63) is 10.6 Å². The van der Waals surface area contributed by atoms with E-state index in [-0.39, 0.29) is 0 Å². The molecule has 0 fully saturated rings. The summed E-state index contributed by atoms with van der Waals surface area (Å²) in [6.45, 7) is 1.74. The molecule has 0 spiro atoms. The highest BCUT2D eigenvalue weighted by atomic mass is 32.1. The van der Waals surface area contributed by atoms with Gasteiger partial charge in [0.15, 0.2) is 5.13 Å². The molecule has 7 heteroatoms. The number of nitrogens with zero attached hydrogens (tertiary/aromatic N) is 2. The molecule has 2 rings (SSSR count). The molecule has 0 aliphatic heterocycles. The molecule has 1 unspecified atom stereocenters. The molecule has 6 nitrogen and oxygen atoms in total. The molecule has 1 atom stereocenters. The number of aryl methyl sites for hydroxylation is 2. The number of hydrogen-bond acceptors (Lipinski definition) is 4. The van der Waals surface area contributed by atoms with E-state index in [1.54, 1.807) is 6.92 Å². The normalized spacial score (nSPS) is 14.8. The number of thiazole rings is 1. The third kappa shape index (κ3) is 2.86. The largest absolute Gasteiger partial charge is 0.480 e. The van der Waals surface area contributed by atoms with Crippen molar-refractivity contribution < 1.29 is 14.7 Å². The lowest BCUT2D eigenvalue weighted by Gasteiger charge is -2.23. The van der Waals surface area contributed by atoms with Crippen molar-refractivity contribution in [1.29, 1.82) is 0 Å². The highest BCUT2D eigenvalue weighted by molar-refractivity contribution is 7.15. The molecule has 1 aliphatic carbocycles. The molecule has 1 heterocycles. The number of carboxylic acid groups (broad SMARTS) is 1. The molecule has 0 bridgehead atoms. The monoisotopic (exact) mass is 283 g/mol. The van der Waals surface area contributed by atoms with E-state index in [1.165, 1.54) is 28.2 Å². The van der Waals surface area contributed by atoms with Crippen molar-refractivity contribution in [2.75, 3.05) is 12.4 Å². The number of likely N-dealkylation sites (N-methyl/N-ethyl adjacent to an activating group) is 1. The van der Waals surface area contributed by atoms with E-state index in [1.807, 2.05) is 0 Å². The number of urea groups is 1. The summed E-state index contributed by atoms with van der Waals surface area (Å²) in [5.74, 6) is -0.998. The van der Waals surface area contributed by atoms with Gasteiger partial charge in [-0.15, -0.1) is 11.3 Å². The van der Waals surface area contributed by atoms with Crippen molar-refractivity contribution in [2.24, 2.45) is 0 Å². The maximum atomic E-state index is 12.0. The molecular weight excluding hydrogens is 266 g/mol. The van der Waals surface area contributed by atoms with E-state index in [4.69, 9.17) is 5.11 Å². The quantitative estimate of drug-likeness (QED) is 0.885. The Hall–Kier alpha value is -1.63. The number of rotatable bonds is 4. The van der Waals surface area contributed by atoms with Crippen molar-refractivity contribution >= 4 is 28.5 Å². The van der Waals surface area contributed by atoms with Crippen LogP contribution in [0.2, 0.25) is 0 Å². The maximum absolute atomic E-state index is 12.0. The van der Waals surface area contributed by atoms with Crippen molar-refractivity contribution in [2.45, 2.75) is 38.6 Å². The van der Waals surface area contributed by atoms with Crippen LogP contribution in [0.15, 0.2) is 0 Å². The number of aliphatic carboxylic acids is 1. The molecule has 1 aromatic rings. The summed E-state index contributed by atoms with van der Waals surface area (Å²) in [5.41, 5.74) is 1.06. The Morgan fingerprint density at radius 3 is 2.84 bits per heavy atom. The predicted octanol–water partition coefficient (Wildman–Crippen LogP) is 1.96. The average molecular weight is 283 g/mol. The highest BCUT2D eigenvalue weighted by Crippen LogP contribution is 2.30. The summed E-state index contributed by atoms with van der Waals surface area (Å²) in [5, 5.41) is 12.2. The molecule has 19 heavy (non-hydrogen) atoms. The van der Waals surface area contributed by atoms with Gasteiger partial charge in [-0.2, -0.15) is 0 Å². The second-order valence-corrected chi connectivity index (χ2v) is 5.63. The Labute approximate surface area is 115 Å². The van der Waals surface area contributed by atoms with Gasteiger partial charge in [-0.3, -0.25) is 5.32 Å². The zero-order valence-corrected chi connectivity index (χ0v) is 11.8. The molecule has 1 aliphatic rings. The minimum absolute atomic E-state index is 0.369. The van der Waals surface area contributed by atoms with Gasteiger partial charge in [0.05, 0.1) is 5.69 Å². The summed E-state index contributed by atoms with van der Waals surface area (Å²) < 4.78 is 0. The lowest BCUT2D eigenvalue weighted by molar-refractivity contribution is -0.141. The Bertz CT molecular complexity index is 479. The fraction of sp³-hybridized carbons (Fsp3) is 0.583. The van der Waals surface area contributed by atoms with Gasteiger partial charge in [-0.1, -0.05) is 6.92 Å². The molecule has 0 radical (unpaired) electrons. The van der Waals surface area contributed by atoms with E-state index in [0.717, 1.165) is 25.0 Å². The van der Waals surface area contributed by atoms with Crippen LogP contribution in [0.4, 0.5) is 9.93 Å². The molecule has 0 saturated carbocycles. The van der Waals surface area contributed by atoms with E-state index < -0.39 is 18.0 Å². The van der Waals surface area contributed by atoms with Gasteiger partial charge in [0.25, 0.3) is 0 Å². The summed E-state index contributed by atoms with van der Waals surface area (Å²) in [6.07, 6.45) is 3.47. The number of aromatic nitrogens is 1. The Kier molecular flexibility index (Phi) is 4.04. The predicted molar refractivity (Wildman–Crippen MR) is 72.6 cm³/mol. The number of nitrogens with one attached hydrogen (secondary N) is 1. The molecule has 1 aromatic heterocycles. The van der Waals surface area contributed by atoms with Gasteiger partial charge >= 0.3 is 12.0 Å². The van der Waals surface area contributed by atoms with Crippen LogP contribution in [0.5, 0.6) is 0 Å². The lowest BCUT2D eigenvalue weighted by atomic mass is 10.2. The van der Waals surface area contributed by atoms with Gasteiger partial charge in [-0.05, 0) is 25.7 Å². The number of carbonyl (C=O) groups is 2. The van der Waals surface area contributed by atoms with Gasteiger partial charge in [0.2, 0.25) is 0 Å². The zero-order valence-electron chi connectivity index (χ0n) is 11.0. The summed E-state index contributed by atoms with van der Waals surface area (Å²) in [6, 6.07) is -1.24.